The van der Waals surface area contributed by atoms with Gasteiger partial charge in [-0.05, 0) is 43.0 Å². The van der Waals surface area contributed by atoms with Gasteiger partial charge >= 0.3 is 0 Å². The molecule has 12 heteroatoms. The number of likely N-dealkylation sites (tertiary alicyclic amines) is 1. The predicted octanol–water partition coefficient (Wildman–Crippen LogP) is 3.54. The van der Waals surface area contributed by atoms with Gasteiger partial charge in [-0.25, -0.2) is 9.97 Å². The van der Waals surface area contributed by atoms with Crippen molar-refractivity contribution in [3.63, 3.8) is 0 Å². The fourth-order valence-electron chi connectivity index (χ4n) is 5.90. The van der Waals surface area contributed by atoms with Gasteiger partial charge in [0.05, 0.1) is 5.52 Å². The zero-order valence-corrected chi connectivity index (χ0v) is 23.9. The maximum atomic E-state index is 13.6. The SMILES string of the molecule is CC(=O)c1nn(CC(=O)N2[C@@H]3C[C@@H]3C[C@H]2C(=O)NC[C@@H]2C(C)(C)C2(Cl)Cl)c2ccc(OCc3ncccn3)cc12. The van der Waals surface area contributed by atoms with Crippen molar-refractivity contribution in [3.8, 4) is 5.75 Å². The van der Waals surface area contributed by atoms with Crippen molar-refractivity contribution in [2.24, 2.45) is 17.3 Å². The Bertz CT molecular complexity index is 1490. The Morgan fingerprint density at radius 2 is 1.88 bits per heavy atom. The van der Waals surface area contributed by atoms with E-state index in [1.165, 1.54) is 11.6 Å². The monoisotopic (exact) mass is 584 g/mol. The number of benzene rings is 1. The average Bonchev–Trinajstić information content (AvgIpc) is 3.59. The van der Waals surface area contributed by atoms with Crippen molar-refractivity contribution in [3.05, 3.63) is 48.2 Å². The van der Waals surface area contributed by atoms with Crippen LogP contribution in [0.4, 0.5) is 0 Å². The van der Waals surface area contributed by atoms with Gasteiger partial charge in [0.15, 0.2) is 11.6 Å². The number of carbonyl (C=O) groups excluding carboxylic acids is 3. The van der Waals surface area contributed by atoms with Crippen LogP contribution in [0, 0.1) is 17.3 Å². The second-order valence-electron chi connectivity index (χ2n) is 11.5. The van der Waals surface area contributed by atoms with Gasteiger partial charge < -0.3 is 15.0 Å². The Hall–Kier alpha value is -3.24. The smallest absolute Gasteiger partial charge is 0.245 e. The number of nitrogens with zero attached hydrogens (tertiary/aromatic N) is 5. The molecular weight excluding hydrogens is 555 g/mol. The maximum absolute atomic E-state index is 13.6. The summed E-state index contributed by atoms with van der Waals surface area (Å²) in [7, 11) is 0. The second kappa shape index (κ2) is 9.69. The van der Waals surface area contributed by atoms with Gasteiger partial charge in [0, 0.05) is 48.6 Å². The highest BCUT2D eigenvalue weighted by Crippen LogP contribution is 2.68. The van der Waals surface area contributed by atoms with Crippen LogP contribution in [0.15, 0.2) is 36.7 Å². The molecule has 2 aromatic heterocycles. The summed E-state index contributed by atoms with van der Waals surface area (Å²) >= 11 is 12.7. The third-order valence-corrected chi connectivity index (χ3v) is 10.1. The van der Waals surface area contributed by atoms with E-state index in [-0.39, 0.29) is 53.8 Å². The largest absolute Gasteiger partial charge is 0.486 e. The van der Waals surface area contributed by atoms with Crippen molar-refractivity contribution in [1.82, 2.24) is 30.0 Å². The predicted molar refractivity (Wildman–Crippen MR) is 148 cm³/mol. The number of carbonyl (C=O) groups is 3. The zero-order chi connectivity index (χ0) is 28.4. The molecule has 0 bridgehead atoms. The number of fused-ring (bicyclic) bond motifs is 2. The lowest BCUT2D eigenvalue weighted by atomic mass is 10.1. The maximum Gasteiger partial charge on any atom is 0.245 e. The zero-order valence-electron chi connectivity index (χ0n) is 22.4. The lowest BCUT2D eigenvalue weighted by molar-refractivity contribution is -0.140. The Balaban J connectivity index is 1.17. The normalized spacial score (nSPS) is 25.4. The van der Waals surface area contributed by atoms with E-state index >= 15 is 0 Å². The lowest BCUT2D eigenvalue weighted by Crippen LogP contribution is -2.49. The Kier molecular flexibility index (Phi) is 6.53. The molecule has 3 heterocycles. The molecule has 1 saturated heterocycles. The van der Waals surface area contributed by atoms with Gasteiger partial charge in [0.2, 0.25) is 11.8 Å². The van der Waals surface area contributed by atoms with Crippen LogP contribution >= 0.6 is 23.2 Å². The van der Waals surface area contributed by atoms with E-state index in [1.54, 1.807) is 41.6 Å². The fourth-order valence-corrected chi connectivity index (χ4v) is 6.76. The molecule has 2 aliphatic carbocycles. The van der Waals surface area contributed by atoms with Crippen LogP contribution in [0.5, 0.6) is 5.75 Å². The minimum Gasteiger partial charge on any atom is -0.486 e. The van der Waals surface area contributed by atoms with E-state index in [9.17, 15) is 14.4 Å². The highest BCUT2D eigenvalue weighted by Gasteiger charge is 2.69. The first kappa shape index (κ1) is 27.0. The summed E-state index contributed by atoms with van der Waals surface area (Å²) in [5.41, 5.74) is 0.597. The molecule has 3 aliphatic rings. The van der Waals surface area contributed by atoms with Crippen molar-refractivity contribution in [2.45, 2.75) is 63.2 Å². The van der Waals surface area contributed by atoms with Crippen LogP contribution in [0.3, 0.4) is 0 Å². The minimum absolute atomic E-state index is 0.0510. The topological polar surface area (TPSA) is 119 Å². The molecule has 40 heavy (non-hydrogen) atoms. The molecule has 0 radical (unpaired) electrons. The number of aromatic nitrogens is 4. The number of halogens is 2. The molecule has 10 nitrogen and oxygen atoms in total. The summed E-state index contributed by atoms with van der Waals surface area (Å²) in [5, 5.41) is 8.04. The average molecular weight is 585 g/mol. The summed E-state index contributed by atoms with van der Waals surface area (Å²) in [4.78, 5) is 49.2. The molecule has 210 valence electrons. The first-order chi connectivity index (χ1) is 19.0. The Morgan fingerprint density at radius 1 is 1.15 bits per heavy atom. The number of Topliss-reactive ketones (excluding diaryl/α,β-unsaturated/α-hetero) is 1. The number of nitrogens with one attached hydrogen (secondary N) is 1. The van der Waals surface area contributed by atoms with E-state index in [0.717, 1.165) is 6.42 Å². The van der Waals surface area contributed by atoms with Gasteiger partial charge in [0.1, 0.15) is 35.0 Å². The van der Waals surface area contributed by atoms with E-state index in [4.69, 9.17) is 27.9 Å². The van der Waals surface area contributed by atoms with Crippen LogP contribution in [-0.4, -0.2) is 65.2 Å². The number of ether oxygens (including phenoxy) is 1. The summed E-state index contributed by atoms with van der Waals surface area (Å²) in [5.74, 6) is 0.715. The quantitative estimate of drug-likeness (QED) is 0.301. The van der Waals surface area contributed by atoms with Crippen LogP contribution in [0.2, 0.25) is 0 Å². The molecule has 3 aromatic rings. The van der Waals surface area contributed by atoms with E-state index in [2.05, 4.69) is 20.4 Å². The molecule has 2 saturated carbocycles. The van der Waals surface area contributed by atoms with Crippen LogP contribution in [0.25, 0.3) is 10.9 Å². The van der Waals surface area contributed by atoms with Gasteiger partial charge in [-0.2, -0.15) is 5.10 Å². The molecule has 3 fully saturated rings. The van der Waals surface area contributed by atoms with Gasteiger partial charge in [-0.1, -0.05) is 13.8 Å². The molecule has 4 atom stereocenters. The van der Waals surface area contributed by atoms with Crippen LogP contribution in [0.1, 0.15) is 49.9 Å². The van der Waals surface area contributed by atoms with E-state index in [0.29, 0.717) is 41.4 Å². The number of alkyl halides is 2. The number of hydrogen-bond acceptors (Lipinski definition) is 7. The first-order valence-corrected chi connectivity index (χ1v) is 14.1. The summed E-state index contributed by atoms with van der Waals surface area (Å²) in [6.07, 6.45) is 4.80. The lowest BCUT2D eigenvalue weighted by Gasteiger charge is -2.27. The number of hydrogen-bond donors (Lipinski definition) is 1. The third kappa shape index (κ3) is 4.60. The molecule has 6 rings (SSSR count). The minimum atomic E-state index is -0.872. The van der Waals surface area contributed by atoms with Crippen LogP contribution in [-0.2, 0) is 22.7 Å². The molecule has 1 N–H and O–H groups in total. The molecule has 1 aliphatic heterocycles. The molecule has 0 unspecified atom stereocenters. The number of ketones is 1. The summed E-state index contributed by atoms with van der Waals surface area (Å²) < 4.78 is 6.49. The fraction of sp³-hybridized carbons (Fsp3) is 0.500. The van der Waals surface area contributed by atoms with Crippen LogP contribution < -0.4 is 10.1 Å². The standard InChI is InChI=1S/C28H30Cl2N6O4/c1-15(37)25-18-11-17(40-14-23-31-7-4-8-32-23)5-6-19(18)35(34-25)13-24(38)36-20-9-16(20)10-21(36)26(39)33-12-22-27(2,3)28(22,29)30/h4-8,11,16,20-22H,9-10,12-14H2,1-3H3,(H,33,39)/t16-,20-,21+,22-/m1/s1. The van der Waals surface area contributed by atoms with Crippen molar-refractivity contribution in [1.29, 1.82) is 0 Å². The Labute approximate surface area is 241 Å². The summed E-state index contributed by atoms with van der Waals surface area (Å²) in [6, 6.07) is 6.50. The molecule has 2 amide bonds. The Morgan fingerprint density at radius 3 is 2.55 bits per heavy atom. The molecule has 0 spiro atoms. The number of piperidine rings is 1. The molecule has 1 aromatic carbocycles. The van der Waals surface area contributed by atoms with E-state index in [1.807, 2.05) is 13.8 Å². The van der Waals surface area contributed by atoms with Crippen molar-refractivity contribution < 1.29 is 19.1 Å². The van der Waals surface area contributed by atoms with Crippen molar-refractivity contribution in [2.75, 3.05) is 6.54 Å². The second-order valence-corrected chi connectivity index (χ2v) is 12.8. The summed E-state index contributed by atoms with van der Waals surface area (Å²) in [6.45, 7) is 5.83. The number of rotatable bonds is 9. The van der Waals surface area contributed by atoms with Crippen molar-refractivity contribution >= 4 is 51.7 Å². The number of amides is 2. The molecular formula is C28H30Cl2N6O4. The third-order valence-electron chi connectivity index (χ3n) is 8.59. The van der Waals surface area contributed by atoms with Gasteiger partial charge in [-0.3, -0.25) is 19.1 Å². The first-order valence-electron chi connectivity index (χ1n) is 13.4. The van der Waals surface area contributed by atoms with Gasteiger partial charge in [-0.15, -0.1) is 23.2 Å². The van der Waals surface area contributed by atoms with Gasteiger partial charge in [0.25, 0.3) is 0 Å². The highest BCUT2D eigenvalue weighted by molar-refractivity contribution is 6.51. The highest BCUT2D eigenvalue weighted by atomic mass is 35.5. The van der Waals surface area contributed by atoms with E-state index < -0.39 is 10.4 Å².